The Morgan fingerprint density at radius 3 is 2.50 bits per heavy atom. The van der Waals surface area contributed by atoms with Crippen molar-refractivity contribution < 1.29 is 31.5 Å². The van der Waals surface area contributed by atoms with Gasteiger partial charge in [0.15, 0.2) is 11.5 Å². The van der Waals surface area contributed by atoms with E-state index in [2.05, 4.69) is 10.4 Å². The van der Waals surface area contributed by atoms with Gasteiger partial charge in [-0.25, -0.2) is 0 Å². The summed E-state index contributed by atoms with van der Waals surface area (Å²) < 4.78 is 66.3. The maximum Gasteiger partial charge on any atom is 0.459 e. The number of alkyl halides is 5. The third-order valence-electron chi connectivity index (χ3n) is 4.33. The Kier molecular flexibility index (Phi) is 6.02. The summed E-state index contributed by atoms with van der Waals surface area (Å²) in [6, 6.07) is 3.93. The second kappa shape index (κ2) is 7.94. The van der Waals surface area contributed by atoms with Crippen LogP contribution in [0.15, 0.2) is 18.2 Å². The van der Waals surface area contributed by atoms with Gasteiger partial charge in [0.05, 0.1) is 19.8 Å². The minimum atomic E-state index is -5.86. The molecule has 0 spiro atoms. The molecule has 1 aromatic carbocycles. The average molecular weight is 563 g/mol. The van der Waals surface area contributed by atoms with E-state index in [0.29, 0.717) is 0 Å². The van der Waals surface area contributed by atoms with E-state index in [1.165, 1.54) is 40.8 Å². The number of nitrogens with one attached hydrogen (secondary N) is 1. The Bertz CT molecular complexity index is 1010. The van der Waals surface area contributed by atoms with Crippen LogP contribution >= 0.6 is 34.2 Å². The maximum absolute atomic E-state index is 13.9. The molecule has 3 rings (SSSR count). The van der Waals surface area contributed by atoms with Crippen molar-refractivity contribution in [3.05, 3.63) is 38.0 Å². The van der Waals surface area contributed by atoms with Crippen LogP contribution in [0.1, 0.15) is 28.9 Å². The summed E-state index contributed by atoms with van der Waals surface area (Å²) in [5, 5.41) is 6.11. The second-order valence-electron chi connectivity index (χ2n) is 6.57. The molecule has 0 saturated heterocycles. The Hall–Kier alpha value is -1.96. The molecular formula is C17H13ClF5IN4O2. The van der Waals surface area contributed by atoms with Gasteiger partial charge in [0.2, 0.25) is 6.41 Å². The van der Waals surface area contributed by atoms with Gasteiger partial charge in [-0.15, -0.1) is 0 Å². The molecule has 1 N–H and O–H groups in total. The highest BCUT2D eigenvalue weighted by Crippen LogP contribution is 2.47. The van der Waals surface area contributed by atoms with Crippen LogP contribution in [0.3, 0.4) is 0 Å². The number of hydrogen-bond donors (Lipinski definition) is 1. The Morgan fingerprint density at radius 2 is 1.97 bits per heavy atom. The van der Waals surface area contributed by atoms with Gasteiger partial charge in [-0.3, -0.25) is 19.2 Å². The van der Waals surface area contributed by atoms with Crippen LogP contribution in [0.4, 0.5) is 33.5 Å². The number of hydrogen-bond acceptors (Lipinski definition) is 3. The molecule has 30 heavy (non-hydrogen) atoms. The lowest BCUT2D eigenvalue weighted by atomic mass is 10.1. The molecule has 162 valence electrons. The van der Waals surface area contributed by atoms with Gasteiger partial charge in [0.25, 0.3) is 5.91 Å². The first-order valence-corrected chi connectivity index (χ1v) is 9.86. The lowest BCUT2D eigenvalue weighted by Crippen LogP contribution is -2.34. The Labute approximate surface area is 185 Å². The Balaban J connectivity index is 2.05. The Morgan fingerprint density at radius 1 is 1.33 bits per heavy atom. The quantitative estimate of drug-likeness (QED) is 0.320. The molecule has 0 atom stereocenters. The number of aryl methyl sites for hydroxylation is 1. The van der Waals surface area contributed by atoms with E-state index < -0.39 is 27.3 Å². The summed E-state index contributed by atoms with van der Waals surface area (Å²) in [5.41, 5.74) is -1.45. The third kappa shape index (κ3) is 4.11. The molecule has 1 fully saturated rings. The van der Waals surface area contributed by atoms with Gasteiger partial charge < -0.3 is 5.32 Å². The molecule has 6 nitrogen and oxygen atoms in total. The lowest BCUT2D eigenvalue weighted by molar-refractivity contribution is -0.291. The average Bonchev–Trinajstić information content (AvgIpc) is 3.41. The minimum absolute atomic E-state index is 0.0320. The van der Waals surface area contributed by atoms with Crippen molar-refractivity contribution in [2.24, 2.45) is 7.05 Å². The zero-order chi connectivity index (χ0) is 22.4. The minimum Gasteiger partial charge on any atom is -0.349 e. The van der Waals surface area contributed by atoms with Crippen molar-refractivity contribution in [3.8, 4) is 0 Å². The molecule has 1 aliphatic rings. The zero-order valence-electron chi connectivity index (χ0n) is 15.1. The largest absolute Gasteiger partial charge is 0.459 e. The number of aromatic nitrogens is 2. The van der Waals surface area contributed by atoms with E-state index >= 15 is 0 Å². The van der Waals surface area contributed by atoms with Crippen LogP contribution in [0.5, 0.6) is 0 Å². The summed E-state index contributed by atoms with van der Waals surface area (Å²) in [7, 11) is 1.13. The summed E-state index contributed by atoms with van der Waals surface area (Å²) in [4.78, 5) is 24.9. The van der Waals surface area contributed by atoms with Crippen molar-refractivity contribution in [1.82, 2.24) is 15.1 Å². The van der Waals surface area contributed by atoms with E-state index in [1.54, 1.807) is 0 Å². The van der Waals surface area contributed by atoms with Crippen LogP contribution < -0.4 is 10.2 Å². The summed E-state index contributed by atoms with van der Waals surface area (Å²) in [5.74, 6) is -6.02. The normalized spacial score (nSPS) is 14.5. The maximum atomic E-state index is 13.9. The fourth-order valence-corrected chi connectivity index (χ4v) is 3.91. The molecule has 2 aromatic rings. The fourth-order valence-electron chi connectivity index (χ4n) is 2.65. The van der Waals surface area contributed by atoms with Gasteiger partial charge in [0, 0.05) is 13.1 Å². The van der Waals surface area contributed by atoms with Crippen LogP contribution in [0, 0.1) is 3.57 Å². The van der Waals surface area contributed by atoms with Gasteiger partial charge >= 0.3 is 12.1 Å². The summed E-state index contributed by atoms with van der Waals surface area (Å²) in [6.07, 6.45) is -3.99. The van der Waals surface area contributed by atoms with Crippen molar-refractivity contribution in [2.75, 3.05) is 4.90 Å². The van der Waals surface area contributed by atoms with E-state index in [1.807, 2.05) is 0 Å². The monoisotopic (exact) mass is 562 g/mol. The zero-order valence-corrected chi connectivity index (χ0v) is 18.0. The number of carbonyl (C=O) groups excluding carboxylic acids is 2. The predicted octanol–water partition coefficient (Wildman–Crippen LogP) is 4.52. The van der Waals surface area contributed by atoms with Crippen LogP contribution in [-0.2, 0) is 17.8 Å². The first-order valence-electron chi connectivity index (χ1n) is 8.41. The van der Waals surface area contributed by atoms with Crippen molar-refractivity contribution in [3.63, 3.8) is 0 Å². The van der Waals surface area contributed by atoms with Gasteiger partial charge in [-0.2, -0.15) is 27.1 Å². The van der Waals surface area contributed by atoms with Crippen molar-refractivity contribution in [1.29, 1.82) is 0 Å². The molecule has 2 amide bonds. The highest BCUT2D eigenvalue weighted by Gasteiger charge is 2.61. The van der Waals surface area contributed by atoms with E-state index in [-0.39, 0.29) is 34.5 Å². The molecule has 1 aliphatic carbocycles. The third-order valence-corrected chi connectivity index (χ3v) is 5.66. The molecule has 0 bridgehead atoms. The van der Waals surface area contributed by atoms with Gasteiger partial charge in [-0.1, -0.05) is 11.6 Å². The SMILES string of the molecule is Cn1nc(C(F)(F)C(F)(F)F)c(I)c1N(C=O)c1ccc(Cl)c(C(=O)NC2CC2)c1. The molecule has 0 radical (unpaired) electrons. The van der Waals surface area contributed by atoms with Gasteiger partial charge in [0.1, 0.15) is 0 Å². The molecule has 13 heteroatoms. The first kappa shape index (κ1) is 22.7. The highest BCUT2D eigenvalue weighted by atomic mass is 127. The highest BCUT2D eigenvalue weighted by molar-refractivity contribution is 14.1. The van der Waals surface area contributed by atoms with Gasteiger partial charge in [-0.05, 0) is 53.6 Å². The smallest absolute Gasteiger partial charge is 0.349 e. The molecule has 0 unspecified atom stereocenters. The molecule has 1 heterocycles. The standard InChI is InChI=1S/C17H13ClF5IN4O2/c1-27-15(12(24)13(26-27)16(19,20)17(21,22)23)28(7-29)9-4-5-11(18)10(6-9)14(30)25-8-2-3-8/h4-8H,2-3H2,1H3,(H,25,30). The van der Waals surface area contributed by atoms with Crippen molar-refractivity contribution >= 4 is 58.0 Å². The predicted molar refractivity (Wildman–Crippen MR) is 106 cm³/mol. The lowest BCUT2D eigenvalue weighted by Gasteiger charge is -2.20. The fraction of sp³-hybridized carbons (Fsp3) is 0.353. The first-order chi connectivity index (χ1) is 13.9. The number of benzene rings is 1. The van der Waals surface area contributed by atoms with Crippen LogP contribution in [-0.4, -0.2) is 34.3 Å². The summed E-state index contributed by atoms with van der Waals surface area (Å²) >= 11 is 7.33. The summed E-state index contributed by atoms with van der Waals surface area (Å²) in [6.45, 7) is 0. The number of rotatable bonds is 6. The van der Waals surface area contributed by atoms with E-state index in [4.69, 9.17) is 11.6 Å². The van der Waals surface area contributed by atoms with Crippen LogP contribution in [0.2, 0.25) is 5.02 Å². The molecule has 0 aliphatic heterocycles. The molecule has 1 saturated carbocycles. The topological polar surface area (TPSA) is 67.2 Å². The number of amides is 2. The van der Waals surface area contributed by atoms with Crippen molar-refractivity contribution in [2.45, 2.75) is 31.0 Å². The molecule has 1 aromatic heterocycles. The number of anilines is 2. The van der Waals surface area contributed by atoms with E-state index in [0.717, 1.165) is 29.5 Å². The van der Waals surface area contributed by atoms with Crippen LogP contribution in [0.25, 0.3) is 0 Å². The number of halogens is 7. The number of carbonyl (C=O) groups is 2. The van der Waals surface area contributed by atoms with E-state index in [9.17, 15) is 31.5 Å². The molecular weight excluding hydrogens is 550 g/mol. The number of nitrogens with zero attached hydrogens (tertiary/aromatic N) is 3. The second-order valence-corrected chi connectivity index (χ2v) is 8.06.